The Morgan fingerprint density at radius 3 is 2.30 bits per heavy atom. The summed E-state index contributed by atoms with van der Waals surface area (Å²) in [6.45, 7) is 4.67. The molecule has 0 heterocycles. The van der Waals surface area contributed by atoms with E-state index in [2.05, 4.69) is 5.32 Å². The van der Waals surface area contributed by atoms with Gasteiger partial charge in [0.05, 0.1) is 5.75 Å². The van der Waals surface area contributed by atoms with Gasteiger partial charge in [-0.15, -0.1) is 11.8 Å². The minimum Gasteiger partial charge on any atom is -0.354 e. The third kappa shape index (κ3) is 7.22. The average Bonchev–Trinajstić information content (AvgIpc) is 2.74. The topological polar surface area (TPSA) is 49.4 Å². The van der Waals surface area contributed by atoms with Gasteiger partial charge in [0, 0.05) is 34.5 Å². The monoisotopic (exact) mass is 466 g/mol. The van der Waals surface area contributed by atoms with E-state index in [1.165, 1.54) is 11.8 Å². The fraction of sp³-hybridized carbons (Fsp3) is 0.391. The van der Waals surface area contributed by atoms with Gasteiger partial charge in [-0.05, 0) is 30.5 Å². The van der Waals surface area contributed by atoms with Gasteiger partial charge in [-0.3, -0.25) is 9.59 Å². The number of nitrogens with one attached hydrogen (secondary N) is 1. The van der Waals surface area contributed by atoms with Gasteiger partial charge in [-0.2, -0.15) is 0 Å². The Labute approximate surface area is 193 Å². The Hall–Kier alpha value is -1.69. The molecule has 0 fully saturated rings. The lowest BCUT2D eigenvalue weighted by molar-refractivity contribution is -0.139. The lowest BCUT2D eigenvalue weighted by Gasteiger charge is -2.31. The van der Waals surface area contributed by atoms with E-state index in [4.69, 9.17) is 23.2 Å². The quantitative estimate of drug-likeness (QED) is 0.471. The van der Waals surface area contributed by atoms with Crippen LogP contribution < -0.4 is 5.32 Å². The largest absolute Gasteiger partial charge is 0.354 e. The molecule has 30 heavy (non-hydrogen) atoms. The van der Waals surface area contributed by atoms with Crippen molar-refractivity contribution < 1.29 is 9.59 Å². The van der Waals surface area contributed by atoms with Crippen molar-refractivity contribution >= 4 is 46.8 Å². The minimum atomic E-state index is -0.575. The van der Waals surface area contributed by atoms with E-state index >= 15 is 0 Å². The van der Waals surface area contributed by atoms with Gasteiger partial charge >= 0.3 is 0 Å². The first-order valence-corrected chi connectivity index (χ1v) is 12.0. The summed E-state index contributed by atoms with van der Waals surface area (Å²) in [7, 11) is 0. The molecule has 0 bridgehead atoms. The number of carbonyl (C=O) groups is 2. The van der Waals surface area contributed by atoms with Crippen LogP contribution in [0.15, 0.2) is 48.5 Å². The molecule has 2 aromatic carbocycles. The number of benzene rings is 2. The van der Waals surface area contributed by atoms with Crippen LogP contribution in [0.1, 0.15) is 37.8 Å². The third-order valence-electron chi connectivity index (χ3n) is 4.66. The van der Waals surface area contributed by atoms with Crippen LogP contribution in [0.5, 0.6) is 0 Å². The van der Waals surface area contributed by atoms with Gasteiger partial charge in [-0.1, -0.05) is 73.4 Å². The molecule has 0 aliphatic heterocycles. The van der Waals surface area contributed by atoms with Gasteiger partial charge in [0.25, 0.3) is 0 Å². The second-order valence-corrected chi connectivity index (χ2v) is 8.72. The van der Waals surface area contributed by atoms with E-state index in [0.29, 0.717) is 28.6 Å². The maximum atomic E-state index is 13.2. The maximum absolute atomic E-state index is 13.2. The fourth-order valence-electron chi connectivity index (χ4n) is 3.05. The van der Waals surface area contributed by atoms with E-state index in [1.54, 1.807) is 23.1 Å². The van der Waals surface area contributed by atoms with Crippen LogP contribution >= 0.6 is 35.0 Å². The predicted molar refractivity (Wildman–Crippen MR) is 127 cm³/mol. The molecule has 162 valence electrons. The van der Waals surface area contributed by atoms with Crippen molar-refractivity contribution in [1.82, 2.24) is 10.2 Å². The Morgan fingerprint density at radius 2 is 1.70 bits per heavy atom. The van der Waals surface area contributed by atoms with Crippen LogP contribution in [0.3, 0.4) is 0 Å². The van der Waals surface area contributed by atoms with Crippen molar-refractivity contribution in [2.24, 2.45) is 0 Å². The number of hydrogen-bond donors (Lipinski definition) is 1. The van der Waals surface area contributed by atoms with Gasteiger partial charge in [0.1, 0.15) is 6.04 Å². The molecule has 0 aliphatic rings. The number of thioether (sulfide) groups is 1. The minimum absolute atomic E-state index is 0.106. The van der Waals surface area contributed by atoms with Gasteiger partial charge in [0.15, 0.2) is 0 Å². The molecule has 7 heteroatoms. The Kier molecular flexibility index (Phi) is 10.6. The Balaban J connectivity index is 2.18. The smallest absolute Gasteiger partial charge is 0.242 e. The van der Waals surface area contributed by atoms with E-state index in [9.17, 15) is 9.59 Å². The fourth-order valence-corrected chi connectivity index (χ4v) is 4.44. The molecule has 0 spiro atoms. The Bertz CT molecular complexity index is 813. The first-order chi connectivity index (χ1) is 14.5. The van der Waals surface area contributed by atoms with Crippen LogP contribution in [0, 0.1) is 0 Å². The molecule has 2 rings (SSSR count). The summed E-state index contributed by atoms with van der Waals surface area (Å²) in [5.41, 5.74) is 1.81. The van der Waals surface area contributed by atoms with E-state index in [1.807, 2.05) is 44.2 Å². The van der Waals surface area contributed by atoms with E-state index in [-0.39, 0.29) is 24.1 Å². The number of nitrogens with zero attached hydrogens (tertiary/aromatic N) is 1. The van der Waals surface area contributed by atoms with Crippen LogP contribution in [-0.4, -0.2) is 35.1 Å². The lowest BCUT2D eigenvalue weighted by atomic mass is 10.1. The highest BCUT2D eigenvalue weighted by Crippen LogP contribution is 2.27. The highest BCUT2D eigenvalue weighted by Gasteiger charge is 2.29. The van der Waals surface area contributed by atoms with Crippen molar-refractivity contribution in [3.63, 3.8) is 0 Å². The molecule has 1 atom stereocenters. The number of halogens is 2. The second-order valence-electron chi connectivity index (χ2n) is 6.92. The van der Waals surface area contributed by atoms with E-state index < -0.39 is 6.04 Å². The first kappa shape index (κ1) is 24.6. The molecular weight excluding hydrogens is 439 g/mol. The van der Waals surface area contributed by atoms with Gasteiger partial charge in [0.2, 0.25) is 11.8 Å². The summed E-state index contributed by atoms with van der Waals surface area (Å²) in [4.78, 5) is 27.5. The third-order valence-corrected chi connectivity index (χ3v) is 6.36. The number of amides is 2. The highest BCUT2D eigenvalue weighted by atomic mass is 35.5. The molecule has 0 saturated carbocycles. The maximum Gasteiger partial charge on any atom is 0.242 e. The number of carbonyl (C=O) groups excluding carboxylic acids is 2. The second kappa shape index (κ2) is 12.9. The summed E-state index contributed by atoms with van der Waals surface area (Å²) in [6, 6.07) is 14.7. The van der Waals surface area contributed by atoms with Gasteiger partial charge in [-0.25, -0.2) is 0 Å². The van der Waals surface area contributed by atoms with Crippen LogP contribution in [0.4, 0.5) is 0 Å². The molecular formula is C23H28Cl2N2O2S. The SMILES string of the molecule is CCCNC(=O)[C@H](CC)N(Cc1c(Cl)cccc1Cl)C(=O)CSCc1ccccc1. The predicted octanol–water partition coefficient (Wildman–Crippen LogP) is 5.56. The normalized spacial score (nSPS) is 11.7. The number of hydrogen-bond acceptors (Lipinski definition) is 3. The van der Waals surface area contributed by atoms with Crippen molar-refractivity contribution in [2.75, 3.05) is 12.3 Å². The van der Waals surface area contributed by atoms with Crippen LogP contribution in [0.2, 0.25) is 10.0 Å². The van der Waals surface area contributed by atoms with Crippen molar-refractivity contribution in [3.05, 3.63) is 69.7 Å². The summed E-state index contributed by atoms with van der Waals surface area (Å²) in [5.74, 6) is 0.745. The van der Waals surface area contributed by atoms with Crippen molar-refractivity contribution in [1.29, 1.82) is 0 Å². The summed E-state index contributed by atoms with van der Waals surface area (Å²) in [5, 5.41) is 3.88. The molecule has 1 N–H and O–H groups in total. The average molecular weight is 467 g/mol. The molecule has 0 saturated heterocycles. The number of rotatable bonds is 11. The zero-order valence-corrected chi connectivity index (χ0v) is 19.7. The van der Waals surface area contributed by atoms with Crippen LogP contribution in [0.25, 0.3) is 0 Å². The summed E-state index contributed by atoms with van der Waals surface area (Å²) >= 11 is 14.2. The molecule has 0 unspecified atom stereocenters. The first-order valence-electron chi connectivity index (χ1n) is 10.1. The highest BCUT2D eigenvalue weighted by molar-refractivity contribution is 7.99. The zero-order chi connectivity index (χ0) is 21.9. The van der Waals surface area contributed by atoms with Crippen molar-refractivity contribution in [3.8, 4) is 0 Å². The molecule has 2 aromatic rings. The van der Waals surface area contributed by atoms with Crippen LogP contribution in [-0.2, 0) is 21.9 Å². The summed E-state index contributed by atoms with van der Waals surface area (Å²) < 4.78 is 0. The molecule has 0 aromatic heterocycles. The lowest BCUT2D eigenvalue weighted by Crippen LogP contribution is -2.49. The zero-order valence-electron chi connectivity index (χ0n) is 17.4. The summed E-state index contributed by atoms with van der Waals surface area (Å²) in [6.07, 6.45) is 1.34. The molecule has 4 nitrogen and oxygen atoms in total. The molecule has 2 amide bonds. The standard InChI is InChI=1S/C23H28Cl2N2O2S/c1-3-13-26-23(29)21(4-2)27(14-18-19(24)11-8-12-20(18)25)22(28)16-30-15-17-9-6-5-7-10-17/h5-12,21H,3-4,13-16H2,1-2H3,(H,26,29)/t21-/m0/s1. The molecule has 0 radical (unpaired) electrons. The van der Waals surface area contributed by atoms with E-state index in [0.717, 1.165) is 17.7 Å². The van der Waals surface area contributed by atoms with Crippen molar-refractivity contribution in [2.45, 2.75) is 45.0 Å². The van der Waals surface area contributed by atoms with Gasteiger partial charge < -0.3 is 10.2 Å². The molecule has 0 aliphatic carbocycles. The Morgan fingerprint density at radius 1 is 1.03 bits per heavy atom.